The van der Waals surface area contributed by atoms with Crippen LogP contribution < -0.4 is 10.6 Å². The molecule has 2 N–H and O–H groups in total. The van der Waals surface area contributed by atoms with E-state index in [2.05, 4.69) is 10.6 Å². The van der Waals surface area contributed by atoms with Gasteiger partial charge in [0.2, 0.25) is 0 Å². The van der Waals surface area contributed by atoms with E-state index in [1.165, 1.54) is 0 Å². The van der Waals surface area contributed by atoms with Gasteiger partial charge in [0, 0.05) is 19.7 Å². The maximum Gasteiger partial charge on any atom is 0.166 e. The van der Waals surface area contributed by atoms with Crippen LogP contribution in [-0.4, -0.2) is 24.9 Å². The van der Waals surface area contributed by atoms with Crippen molar-refractivity contribution in [2.45, 2.75) is 13.5 Å². The Hall–Kier alpha value is -0.550. The molecule has 0 aromatic heterocycles. The number of benzene rings is 1. The molecule has 0 atom stereocenters. The Bertz CT molecular complexity index is 402. The molecule has 1 aromatic carbocycles. The summed E-state index contributed by atoms with van der Waals surface area (Å²) in [5, 5.41) is 7.83. The van der Waals surface area contributed by atoms with E-state index in [0.29, 0.717) is 41.5 Å². The predicted molar refractivity (Wildman–Crippen MR) is 80.4 cm³/mol. The van der Waals surface area contributed by atoms with Gasteiger partial charge in [0.25, 0.3) is 0 Å². The Balaban J connectivity index is 2.27. The van der Waals surface area contributed by atoms with Gasteiger partial charge in [-0.05, 0) is 36.8 Å². The van der Waals surface area contributed by atoms with Crippen molar-refractivity contribution in [2.24, 2.45) is 0 Å². The molecule has 1 aromatic rings. The van der Waals surface area contributed by atoms with Gasteiger partial charge >= 0.3 is 0 Å². The summed E-state index contributed by atoms with van der Waals surface area (Å²) in [6.45, 7) is 4.62. The molecule has 0 radical (unpaired) electrons. The van der Waals surface area contributed by atoms with E-state index in [4.69, 9.17) is 40.2 Å². The highest BCUT2D eigenvalue weighted by molar-refractivity contribution is 7.80. The minimum atomic E-state index is 0.547. The highest BCUT2D eigenvalue weighted by atomic mass is 35.5. The fourth-order valence-corrected chi connectivity index (χ4v) is 1.77. The normalized spacial score (nSPS) is 10.2. The summed E-state index contributed by atoms with van der Waals surface area (Å²) in [7, 11) is 0. The molecule has 0 saturated heterocycles. The highest BCUT2D eigenvalue weighted by Crippen LogP contribution is 2.22. The van der Waals surface area contributed by atoms with E-state index in [-0.39, 0.29) is 0 Å². The summed E-state index contributed by atoms with van der Waals surface area (Å²) in [6, 6.07) is 5.50. The lowest BCUT2D eigenvalue weighted by atomic mass is 10.2. The van der Waals surface area contributed by atoms with Gasteiger partial charge in [-0.1, -0.05) is 29.3 Å². The monoisotopic (exact) mass is 306 g/mol. The molecule has 6 heteroatoms. The molecule has 100 valence electrons. The Kier molecular flexibility index (Phi) is 7.35. The Morgan fingerprint density at radius 1 is 1.28 bits per heavy atom. The van der Waals surface area contributed by atoms with Gasteiger partial charge in [-0.15, -0.1) is 0 Å². The van der Waals surface area contributed by atoms with E-state index in [1.54, 1.807) is 6.07 Å². The first-order valence-corrected chi connectivity index (χ1v) is 6.83. The van der Waals surface area contributed by atoms with Crippen molar-refractivity contribution in [3.8, 4) is 0 Å². The van der Waals surface area contributed by atoms with Crippen LogP contribution in [0.25, 0.3) is 0 Å². The van der Waals surface area contributed by atoms with Gasteiger partial charge in [0.1, 0.15) is 0 Å². The van der Waals surface area contributed by atoms with Crippen LogP contribution in [0.1, 0.15) is 12.5 Å². The van der Waals surface area contributed by atoms with Crippen LogP contribution >= 0.6 is 35.4 Å². The number of thiocarbonyl (C=S) groups is 1. The molecule has 0 aliphatic rings. The summed E-state index contributed by atoms with van der Waals surface area (Å²) in [4.78, 5) is 0. The molecule has 0 aliphatic carbocycles. The fourth-order valence-electron chi connectivity index (χ4n) is 1.28. The first kappa shape index (κ1) is 15.5. The van der Waals surface area contributed by atoms with Gasteiger partial charge < -0.3 is 15.4 Å². The van der Waals surface area contributed by atoms with Crippen LogP contribution in [0, 0.1) is 0 Å². The molecule has 0 amide bonds. The zero-order chi connectivity index (χ0) is 13.4. The fraction of sp³-hybridized carbons (Fsp3) is 0.417. The number of hydrogen-bond donors (Lipinski definition) is 2. The van der Waals surface area contributed by atoms with Gasteiger partial charge in [0.05, 0.1) is 16.7 Å². The third-order valence-corrected chi connectivity index (χ3v) is 3.20. The van der Waals surface area contributed by atoms with E-state index >= 15 is 0 Å². The molecule has 0 aliphatic heterocycles. The molecule has 3 nitrogen and oxygen atoms in total. The van der Waals surface area contributed by atoms with Crippen molar-refractivity contribution < 1.29 is 4.74 Å². The zero-order valence-corrected chi connectivity index (χ0v) is 12.5. The van der Waals surface area contributed by atoms with Crippen LogP contribution in [0.2, 0.25) is 10.0 Å². The summed E-state index contributed by atoms with van der Waals surface area (Å²) in [5.74, 6) is 0. The first-order valence-electron chi connectivity index (χ1n) is 5.67. The first-order chi connectivity index (χ1) is 8.63. The lowest BCUT2D eigenvalue weighted by Gasteiger charge is -2.10. The van der Waals surface area contributed by atoms with E-state index in [9.17, 15) is 0 Å². The van der Waals surface area contributed by atoms with Crippen LogP contribution in [0.3, 0.4) is 0 Å². The van der Waals surface area contributed by atoms with Crippen LogP contribution in [-0.2, 0) is 11.3 Å². The van der Waals surface area contributed by atoms with Crippen molar-refractivity contribution >= 4 is 40.5 Å². The summed E-state index contributed by atoms with van der Waals surface area (Å²) in [6.07, 6.45) is 0. The topological polar surface area (TPSA) is 33.3 Å². The molecule has 0 heterocycles. The van der Waals surface area contributed by atoms with E-state index in [1.807, 2.05) is 19.1 Å². The maximum atomic E-state index is 5.92. The largest absolute Gasteiger partial charge is 0.380 e. The molecular weight excluding hydrogens is 291 g/mol. The lowest BCUT2D eigenvalue weighted by molar-refractivity contribution is 0.152. The van der Waals surface area contributed by atoms with Gasteiger partial charge in [-0.25, -0.2) is 0 Å². The number of nitrogens with one attached hydrogen (secondary N) is 2. The van der Waals surface area contributed by atoms with Gasteiger partial charge in [-0.2, -0.15) is 0 Å². The number of halogens is 2. The SMILES string of the molecule is CCOCCNC(=S)NCc1ccc(Cl)c(Cl)c1. The quantitative estimate of drug-likeness (QED) is 0.625. The molecule has 0 bridgehead atoms. The standard InChI is InChI=1S/C12H16Cl2N2OS/c1-2-17-6-5-15-12(18)16-8-9-3-4-10(13)11(14)7-9/h3-4,7H,2,5-6,8H2,1H3,(H2,15,16,18). The number of ether oxygens (including phenoxy) is 1. The summed E-state index contributed by atoms with van der Waals surface area (Å²) in [5.41, 5.74) is 1.03. The lowest BCUT2D eigenvalue weighted by Crippen LogP contribution is -2.36. The van der Waals surface area contributed by atoms with Gasteiger partial charge in [-0.3, -0.25) is 0 Å². The van der Waals surface area contributed by atoms with Crippen LogP contribution in [0.5, 0.6) is 0 Å². The van der Waals surface area contributed by atoms with Crippen molar-refractivity contribution in [3.63, 3.8) is 0 Å². The molecule has 0 fully saturated rings. The third-order valence-electron chi connectivity index (χ3n) is 2.17. The maximum absolute atomic E-state index is 5.92. The summed E-state index contributed by atoms with van der Waals surface area (Å²) < 4.78 is 5.19. The van der Waals surface area contributed by atoms with Gasteiger partial charge in [0.15, 0.2) is 5.11 Å². The molecule has 18 heavy (non-hydrogen) atoms. The van der Waals surface area contributed by atoms with Crippen molar-refractivity contribution in [2.75, 3.05) is 19.8 Å². The number of hydrogen-bond acceptors (Lipinski definition) is 2. The Morgan fingerprint density at radius 3 is 2.72 bits per heavy atom. The Morgan fingerprint density at radius 2 is 2.06 bits per heavy atom. The average molecular weight is 307 g/mol. The third kappa shape index (κ3) is 5.87. The molecule has 0 unspecified atom stereocenters. The van der Waals surface area contributed by atoms with Crippen molar-refractivity contribution in [1.29, 1.82) is 0 Å². The zero-order valence-electron chi connectivity index (χ0n) is 10.1. The van der Waals surface area contributed by atoms with Crippen LogP contribution in [0.15, 0.2) is 18.2 Å². The second-order valence-electron chi connectivity index (χ2n) is 3.55. The molecule has 0 spiro atoms. The van der Waals surface area contributed by atoms with Crippen molar-refractivity contribution in [3.05, 3.63) is 33.8 Å². The molecule has 0 saturated carbocycles. The minimum Gasteiger partial charge on any atom is -0.380 e. The minimum absolute atomic E-state index is 0.547. The van der Waals surface area contributed by atoms with E-state index in [0.717, 1.165) is 5.56 Å². The average Bonchev–Trinajstić information content (AvgIpc) is 2.36. The van der Waals surface area contributed by atoms with Crippen molar-refractivity contribution in [1.82, 2.24) is 10.6 Å². The smallest absolute Gasteiger partial charge is 0.166 e. The Labute approximate surface area is 123 Å². The molecule has 1 rings (SSSR count). The second-order valence-corrected chi connectivity index (χ2v) is 4.78. The molecular formula is C12H16Cl2N2OS. The summed E-state index contributed by atoms with van der Waals surface area (Å²) >= 11 is 16.9. The van der Waals surface area contributed by atoms with E-state index < -0.39 is 0 Å². The second kappa shape index (κ2) is 8.53. The predicted octanol–water partition coefficient (Wildman–Crippen LogP) is 2.99. The van der Waals surface area contributed by atoms with Crippen LogP contribution in [0.4, 0.5) is 0 Å². The number of rotatable bonds is 6. The highest BCUT2D eigenvalue weighted by Gasteiger charge is 2.00.